The maximum Gasteiger partial charge on any atom is 0.267 e. The highest BCUT2D eigenvalue weighted by Gasteiger charge is 2.21. The van der Waals surface area contributed by atoms with Crippen LogP contribution in [-0.4, -0.2) is 43.9 Å². The number of halogens is 1. The van der Waals surface area contributed by atoms with Crippen LogP contribution in [0, 0.1) is 0 Å². The van der Waals surface area contributed by atoms with Gasteiger partial charge in [-0.3, -0.25) is 14.4 Å². The summed E-state index contributed by atoms with van der Waals surface area (Å²) in [7, 11) is -1.89. The van der Waals surface area contributed by atoms with E-state index in [1.165, 1.54) is 18.4 Å². The van der Waals surface area contributed by atoms with E-state index in [1.54, 1.807) is 36.4 Å². The molecule has 8 nitrogen and oxygen atoms in total. The molecule has 3 rings (SSSR count). The SMILES string of the molecule is CC[C@H](Oc1ccc(N(C)S(C)(=O)=O)cc1)C(=O)Nc1nnc(-c2ccc(Cl)cc2)s1. The van der Waals surface area contributed by atoms with E-state index < -0.39 is 16.1 Å². The molecule has 0 saturated carbocycles. The molecule has 0 aliphatic rings. The molecule has 0 radical (unpaired) electrons. The minimum Gasteiger partial charge on any atom is -0.481 e. The normalized spacial score (nSPS) is 12.3. The number of anilines is 2. The lowest BCUT2D eigenvalue weighted by Crippen LogP contribution is -2.32. The molecule has 164 valence electrons. The van der Waals surface area contributed by atoms with Gasteiger partial charge in [-0.2, -0.15) is 0 Å². The first-order valence-corrected chi connectivity index (χ1v) is 12.3. The Morgan fingerprint density at radius 2 is 1.81 bits per heavy atom. The number of carbonyl (C=O) groups excluding carboxylic acids is 1. The van der Waals surface area contributed by atoms with Gasteiger partial charge in [0.2, 0.25) is 15.2 Å². The van der Waals surface area contributed by atoms with Crippen molar-refractivity contribution in [3.63, 3.8) is 0 Å². The molecule has 0 aliphatic heterocycles. The molecule has 11 heteroatoms. The van der Waals surface area contributed by atoms with Gasteiger partial charge < -0.3 is 4.74 Å². The van der Waals surface area contributed by atoms with Gasteiger partial charge in [0, 0.05) is 17.6 Å². The van der Waals surface area contributed by atoms with Crippen LogP contribution in [0.25, 0.3) is 10.6 Å². The summed E-state index contributed by atoms with van der Waals surface area (Å²) < 4.78 is 30.2. The molecular weight excluding hydrogens is 460 g/mol. The summed E-state index contributed by atoms with van der Waals surface area (Å²) in [6.45, 7) is 1.83. The molecule has 2 aromatic carbocycles. The van der Waals surface area contributed by atoms with Crippen molar-refractivity contribution in [3.05, 3.63) is 53.6 Å². The number of nitrogens with zero attached hydrogens (tertiary/aromatic N) is 3. The third-order valence-electron chi connectivity index (χ3n) is 4.39. The second kappa shape index (κ2) is 9.63. The monoisotopic (exact) mass is 480 g/mol. The van der Waals surface area contributed by atoms with E-state index in [0.717, 1.165) is 16.1 Å². The molecule has 1 atom stereocenters. The van der Waals surface area contributed by atoms with E-state index in [0.29, 0.717) is 33.0 Å². The van der Waals surface area contributed by atoms with Crippen molar-refractivity contribution >= 4 is 49.7 Å². The van der Waals surface area contributed by atoms with Crippen LogP contribution in [0.4, 0.5) is 10.8 Å². The highest BCUT2D eigenvalue weighted by molar-refractivity contribution is 7.92. The van der Waals surface area contributed by atoms with E-state index in [-0.39, 0.29) is 5.91 Å². The Kier molecular flexibility index (Phi) is 7.14. The van der Waals surface area contributed by atoms with E-state index >= 15 is 0 Å². The van der Waals surface area contributed by atoms with E-state index in [4.69, 9.17) is 16.3 Å². The summed E-state index contributed by atoms with van der Waals surface area (Å²) in [6.07, 6.45) is 0.807. The largest absolute Gasteiger partial charge is 0.481 e. The lowest BCUT2D eigenvalue weighted by molar-refractivity contribution is -0.122. The van der Waals surface area contributed by atoms with Gasteiger partial charge in [-0.15, -0.1) is 10.2 Å². The fourth-order valence-electron chi connectivity index (χ4n) is 2.58. The zero-order chi connectivity index (χ0) is 22.6. The molecule has 1 amide bonds. The molecule has 0 unspecified atom stereocenters. The first-order valence-electron chi connectivity index (χ1n) is 9.28. The van der Waals surface area contributed by atoms with Crippen LogP contribution in [0.1, 0.15) is 13.3 Å². The van der Waals surface area contributed by atoms with Crippen LogP contribution in [0.3, 0.4) is 0 Å². The van der Waals surface area contributed by atoms with Gasteiger partial charge in [-0.1, -0.05) is 42.0 Å². The van der Waals surface area contributed by atoms with Crippen LogP contribution < -0.4 is 14.4 Å². The number of amides is 1. The first kappa shape index (κ1) is 23.0. The quantitative estimate of drug-likeness (QED) is 0.522. The average molecular weight is 481 g/mol. The van der Waals surface area contributed by atoms with Gasteiger partial charge in [0.1, 0.15) is 10.8 Å². The van der Waals surface area contributed by atoms with Gasteiger partial charge in [-0.25, -0.2) is 8.42 Å². The number of aromatic nitrogens is 2. The average Bonchev–Trinajstić information content (AvgIpc) is 3.20. The Hall–Kier alpha value is -2.69. The van der Waals surface area contributed by atoms with E-state index in [2.05, 4.69) is 15.5 Å². The number of carbonyl (C=O) groups is 1. The minimum absolute atomic E-state index is 0.348. The molecular formula is C20H21ClN4O4S2. The molecule has 0 aliphatic carbocycles. The smallest absolute Gasteiger partial charge is 0.267 e. The predicted molar refractivity (Wildman–Crippen MR) is 123 cm³/mol. The molecule has 0 spiro atoms. The first-order chi connectivity index (χ1) is 14.7. The summed E-state index contributed by atoms with van der Waals surface area (Å²) in [5, 5.41) is 12.5. The molecule has 1 aromatic heterocycles. The summed E-state index contributed by atoms with van der Waals surface area (Å²) >= 11 is 7.15. The second-order valence-electron chi connectivity index (χ2n) is 6.65. The number of hydrogen-bond donors (Lipinski definition) is 1. The van der Waals surface area contributed by atoms with E-state index in [1.807, 2.05) is 19.1 Å². The highest BCUT2D eigenvalue weighted by Crippen LogP contribution is 2.28. The zero-order valence-electron chi connectivity index (χ0n) is 17.1. The molecule has 1 N–H and O–H groups in total. The van der Waals surface area contributed by atoms with Crippen molar-refractivity contribution in [3.8, 4) is 16.3 Å². The van der Waals surface area contributed by atoms with Gasteiger partial charge in [0.25, 0.3) is 5.91 Å². The van der Waals surface area contributed by atoms with Crippen LogP contribution in [0.15, 0.2) is 48.5 Å². The zero-order valence-corrected chi connectivity index (χ0v) is 19.5. The molecule has 0 bridgehead atoms. The van der Waals surface area contributed by atoms with Crippen LogP contribution in [-0.2, 0) is 14.8 Å². The summed E-state index contributed by atoms with van der Waals surface area (Å²) in [4.78, 5) is 12.6. The number of benzene rings is 2. The third-order valence-corrected chi connectivity index (χ3v) is 6.73. The maximum atomic E-state index is 12.6. The Balaban J connectivity index is 1.65. The molecule has 31 heavy (non-hydrogen) atoms. The standard InChI is InChI=1S/C20H21ClN4O4S2/c1-4-17(29-16-11-9-15(10-12-16)25(2)31(3,27)28)18(26)22-20-24-23-19(30-20)13-5-7-14(21)8-6-13/h5-12,17H,4H2,1-3H3,(H,22,24,26)/t17-/m0/s1. The fraction of sp³-hybridized carbons (Fsp3) is 0.250. The van der Waals surface area contributed by atoms with Gasteiger partial charge in [0.05, 0.1) is 11.9 Å². The molecule has 1 heterocycles. The number of nitrogens with one attached hydrogen (secondary N) is 1. The number of hydrogen-bond acceptors (Lipinski definition) is 7. The minimum atomic E-state index is -3.35. The van der Waals surface area contributed by atoms with Crippen molar-refractivity contribution in [2.45, 2.75) is 19.4 Å². The molecule has 3 aromatic rings. The lowest BCUT2D eigenvalue weighted by atomic mass is 10.2. The van der Waals surface area contributed by atoms with Crippen molar-refractivity contribution in [2.75, 3.05) is 22.9 Å². The summed E-state index contributed by atoms with van der Waals surface area (Å²) in [6, 6.07) is 13.7. The molecule has 0 fully saturated rings. The van der Waals surface area contributed by atoms with Gasteiger partial charge in [-0.05, 0) is 42.8 Å². The van der Waals surface area contributed by atoms with Crippen LogP contribution >= 0.6 is 22.9 Å². The molecule has 0 saturated heterocycles. The Morgan fingerprint density at radius 1 is 1.16 bits per heavy atom. The maximum absolute atomic E-state index is 12.6. The van der Waals surface area contributed by atoms with Gasteiger partial charge in [0.15, 0.2) is 6.10 Å². The second-order valence-corrected chi connectivity index (χ2v) is 10.1. The topological polar surface area (TPSA) is 101 Å². The number of rotatable bonds is 8. The Morgan fingerprint density at radius 3 is 2.39 bits per heavy atom. The predicted octanol–water partition coefficient (Wildman–Crippen LogP) is 4.05. The van der Waals surface area contributed by atoms with E-state index in [9.17, 15) is 13.2 Å². The number of sulfonamides is 1. The Bertz CT molecular complexity index is 1150. The van der Waals surface area contributed by atoms with Crippen molar-refractivity contribution < 1.29 is 17.9 Å². The van der Waals surface area contributed by atoms with Crippen molar-refractivity contribution in [1.29, 1.82) is 0 Å². The lowest BCUT2D eigenvalue weighted by Gasteiger charge is -2.19. The number of ether oxygens (including phenoxy) is 1. The van der Waals surface area contributed by atoms with Crippen LogP contribution in [0.2, 0.25) is 5.02 Å². The van der Waals surface area contributed by atoms with Gasteiger partial charge >= 0.3 is 0 Å². The Labute approximate surface area is 189 Å². The summed E-state index contributed by atoms with van der Waals surface area (Å²) in [5.74, 6) is 0.102. The van der Waals surface area contributed by atoms with Crippen molar-refractivity contribution in [2.24, 2.45) is 0 Å². The summed E-state index contributed by atoms with van der Waals surface area (Å²) in [5.41, 5.74) is 1.35. The van der Waals surface area contributed by atoms with Crippen molar-refractivity contribution in [1.82, 2.24) is 10.2 Å². The third kappa shape index (κ3) is 5.93. The highest BCUT2D eigenvalue weighted by atomic mass is 35.5. The fourth-order valence-corrected chi connectivity index (χ4v) is 3.96. The van der Waals surface area contributed by atoms with Crippen LogP contribution in [0.5, 0.6) is 5.75 Å².